The number of likely N-dealkylation sites (tertiary alicyclic amines) is 1. The molecule has 1 amide bonds. The second kappa shape index (κ2) is 6.29. The van der Waals surface area contributed by atoms with Crippen LogP contribution in [0.5, 0.6) is 0 Å². The Morgan fingerprint density at radius 1 is 1.17 bits per heavy atom. The molecule has 1 aliphatic rings. The van der Waals surface area contributed by atoms with Crippen LogP contribution in [0, 0.1) is 0 Å². The van der Waals surface area contributed by atoms with Crippen molar-refractivity contribution in [2.75, 3.05) is 12.3 Å². The van der Waals surface area contributed by atoms with Crippen LogP contribution in [0.1, 0.15) is 18.9 Å². The topological polar surface area (TPSA) is 66.5 Å². The summed E-state index contributed by atoms with van der Waals surface area (Å²) in [5, 5.41) is 2.26. The third-order valence-electron chi connectivity index (χ3n) is 4.18. The number of nitrogens with one attached hydrogen (secondary N) is 1. The summed E-state index contributed by atoms with van der Waals surface area (Å²) < 4.78 is 25.9. The molecule has 0 radical (unpaired) electrons. The van der Waals surface area contributed by atoms with Crippen LogP contribution in [-0.4, -0.2) is 37.6 Å². The predicted octanol–water partition coefficient (Wildman–Crippen LogP) is 1.88. The molecule has 23 heavy (non-hydrogen) atoms. The Labute approximate surface area is 136 Å². The number of carbonyl (C=O) groups excluding carboxylic acids is 1. The fourth-order valence-corrected chi connectivity index (χ4v) is 3.81. The molecule has 1 N–H and O–H groups in total. The van der Waals surface area contributed by atoms with Gasteiger partial charge in [-0.2, -0.15) is 0 Å². The van der Waals surface area contributed by atoms with E-state index in [1.54, 1.807) is 11.8 Å². The molecule has 0 saturated carbocycles. The minimum absolute atomic E-state index is 0.0123. The van der Waals surface area contributed by atoms with Gasteiger partial charge in [0.1, 0.15) is 0 Å². The summed E-state index contributed by atoms with van der Waals surface area (Å²) in [6.07, 6.45) is 0.226. The maximum atomic E-state index is 12.2. The summed E-state index contributed by atoms with van der Waals surface area (Å²) in [5.74, 6) is 0.0165. The normalized spacial score (nSPS) is 18.7. The highest BCUT2D eigenvalue weighted by atomic mass is 32.2. The molecule has 6 heteroatoms. The standard InChI is InChI=1S/C17H20N2O3S/c1-2-23(21,22)18-15-10-17(20)19(12-15)11-14-8-5-7-13-6-3-4-9-16(13)14/h3-9,15,18H,2,10-12H2,1H3/t15-/m1/s1. The van der Waals surface area contributed by atoms with Gasteiger partial charge in [0.2, 0.25) is 15.9 Å². The largest absolute Gasteiger partial charge is 0.337 e. The molecule has 122 valence electrons. The van der Waals surface area contributed by atoms with Gasteiger partial charge in [-0.1, -0.05) is 42.5 Å². The molecule has 1 atom stereocenters. The van der Waals surface area contributed by atoms with Gasteiger partial charge in [-0.05, 0) is 23.3 Å². The smallest absolute Gasteiger partial charge is 0.224 e. The maximum Gasteiger partial charge on any atom is 0.224 e. The van der Waals surface area contributed by atoms with E-state index in [1.165, 1.54) is 0 Å². The van der Waals surface area contributed by atoms with Gasteiger partial charge < -0.3 is 4.90 Å². The average Bonchev–Trinajstić information content (AvgIpc) is 2.86. The molecule has 0 spiro atoms. The van der Waals surface area contributed by atoms with Crippen molar-refractivity contribution in [3.05, 3.63) is 48.0 Å². The van der Waals surface area contributed by atoms with E-state index >= 15 is 0 Å². The number of hydrogen-bond donors (Lipinski definition) is 1. The van der Waals surface area contributed by atoms with Crippen molar-refractivity contribution in [2.24, 2.45) is 0 Å². The molecule has 3 rings (SSSR count). The monoisotopic (exact) mass is 332 g/mol. The van der Waals surface area contributed by atoms with Crippen molar-refractivity contribution in [1.82, 2.24) is 9.62 Å². The molecule has 1 heterocycles. The van der Waals surface area contributed by atoms with Crippen LogP contribution in [0.3, 0.4) is 0 Å². The first-order chi connectivity index (χ1) is 11.0. The number of amides is 1. The van der Waals surface area contributed by atoms with Crippen molar-refractivity contribution in [3.63, 3.8) is 0 Å². The molecule has 0 aromatic heterocycles. The average molecular weight is 332 g/mol. The van der Waals surface area contributed by atoms with E-state index in [0.717, 1.165) is 16.3 Å². The van der Waals surface area contributed by atoms with E-state index in [2.05, 4.69) is 4.72 Å². The van der Waals surface area contributed by atoms with E-state index in [-0.39, 0.29) is 24.1 Å². The fourth-order valence-electron chi connectivity index (χ4n) is 2.98. The zero-order valence-corrected chi connectivity index (χ0v) is 13.8. The van der Waals surface area contributed by atoms with Gasteiger partial charge in [0, 0.05) is 25.6 Å². The highest BCUT2D eigenvalue weighted by Gasteiger charge is 2.31. The Morgan fingerprint density at radius 2 is 1.91 bits per heavy atom. The van der Waals surface area contributed by atoms with Crippen LogP contribution >= 0.6 is 0 Å². The lowest BCUT2D eigenvalue weighted by molar-refractivity contribution is -0.128. The van der Waals surface area contributed by atoms with E-state index < -0.39 is 10.0 Å². The second-order valence-corrected chi connectivity index (χ2v) is 7.88. The Hall–Kier alpha value is -1.92. The fraction of sp³-hybridized carbons (Fsp3) is 0.353. The molecule has 0 aliphatic carbocycles. The number of carbonyl (C=O) groups is 1. The summed E-state index contributed by atoms with van der Waals surface area (Å²) in [4.78, 5) is 13.9. The van der Waals surface area contributed by atoms with Crippen LogP contribution in [0.15, 0.2) is 42.5 Å². The number of sulfonamides is 1. The number of benzene rings is 2. The predicted molar refractivity (Wildman–Crippen MR) is 90.4 cm³/mol. The zero-order valence-electron chi connectivity index (χ0n) is 13.0. The summed E-state index contributed by atoms with van der Waals surface area (Å²) in [6, 6.07) is 13.8. The summed E-state index contributed by atoms with van der Waals surface area (Å²) in [6.45, 7) is 2.51. The quantitative estimate of drug-likeness (QED) is 0.909. The van der Waals surface area contributed by atoms with Crippen LogP contribution in [0.25, 0.3) is 10.8 Å². The molecule has 1 aliphatic heterocycles. The lowest BCUT2D eigenvalue weighted by Crippen LogP contribution is -2.37. The summed E-state index contributed by atoms with van der Waals surface area (Å²) in [5.41, 5.74) is 1.08. The van der Waals surface area contributed by atoms with Crippen molar-refractivity contribution in [2.45, 2.75) is 25.9 Å². The molecule has 1 saturated heterocycles. The van der Waals surface area contributed by atoms with E-state index in [0.29, 0.717) is 13.1 Å². The third kappa shape index (κ3) is 3.54. The molecule has 1 fully saturated rings. The SMILES string of the molecule is CCS(=O)(=O)N[C@@H]1CC(=O)N(Cc2cccc3ccccc23)C1. The number of nitrogens with zero attached hydrogens (tertiary/aromatic N) is 1. The van der Waals surface area contributed by atoms with Crippen LogP contribution in [0.2, 0.25) is 0 Å². The van der Waals surface area contributed by atoms with Crippen molar-refractivity contribution >= 4 is 26.7 Å². The minimum Gasteiger partial charge on any atom is -0.337 e. The van der Waals surface area contributed by atoms with Gasteiger partial charge in [-0.3, -0.25) is 4.79 Å². The van der Waals surface area contributed by atoms with Crippen LogP contribution < -0.4 is 4.72 Å². The van der Waals surface area contributed by atoms with Crippen molar-refractivity contribution in [1.29, 1.82) is 0 Å². The highest BCUT2D eigenvalue weighted by Crippen LogP contribution is 2.22. The number of fused-ring (bicyclic) bond motifs is 1. The molecule has 5 nitrogen and oxygen atoms in total. The molecule has 2 aromatic rings. The summed E-state index contributed by atoms with van der Waals surface area (Å²) in [7, 11) is -3.29. The van der Waals surface area contributed by atoms with Crippen LogP contribution in [0.4, 0.5) is 0 Å². The Bertz CT molecular complexity index is 827. The van der Waals surface area contributed by atoms with Crippen LogP contribution in [-0.2, 0) is 21.4 Å². The Kier molecular flexibility index (Phi) is 4.37. The van der Waals surface area contributed by atoms with E-state index in [1.807, 2.05) is 42.5 Å². The van der Waals surface area contributed by atoms with Gasteiger partial charge in [-0.15, -0.1) is 0 Å². The highest BCUT2D eigenvalue weighted by molar-refractivity contribution is 7.89. The first-order valence-electron chi connectivity index (χ1n) is 7.73. The van der Waals surface area contributed by atoms with Gasteiger partial charge in [-0.25, -0.2) is 13.1 Å². The lowest BCUT2D eigenvalue weighted by atomic mass is 10.0. The van der Waals surface area contributed by atoms with Gasteiger partial charge in [0.15, 0.2) is 0 Å². The van der Waals surface area contributed by atoms with E-state index in [4.69, 9.17) is 0 Å². The molecule has 2 aromatic carbocycles. The number of hydrogen-bond acceptors (Lipinski definition) is 3. The third-order valence-corrected chi connectivity index (χ3v) is 5.63. The first-order valence-corrected chi connectivity index (χ1v) is 9.38. The molecule has 0 bridgehead atoms. The molecule has 0 unspecified atom stereocenters. The van der Waals surface area contributed by atoms with Crippen molar-refractivity contribution in [3.8, 4) is 0 Å². The molecular weight excluding hydrogens is 312 g/mol. The minimum atomic E-state index is -3.29. The van der Waals surface area contributed by atoms with Gasteiger partial charge in [0.05, 0.1) is 5.75 Å². The summed E-state index contributed by atoms with van der Waals surface area (Å²) >= 11 is 0. The Morgan fingerprint density at radius 3 is 2.70 bits per heavy atom. The zero-order chi connectivity index (χ0) is 16.4. The van der Waals surface area contributed by atoms with Gasteiger partial charge in [0.25, 0.3) is 0 Å². The first kappa shape index (κ1) is 16.0. The maximum absolute atomic E-state index is 12.2. The van der Waals surface area contributed by atoms with Crippen molar-refractivity contribution < 1.29 is 13.2 Å². The number of rotatable bonds is 5. The lowest BCUT2D eigenvalue weighted by Gasteiger charge is -2.18. The van der Waals surface area contributed by atoms with E-state index in [9.17, 15) is 13.2 Å². The molecular formula is C17H20N2O3S. The van der Waals surface area contributed by atoms with Gasteiger partial charge >= 0.3 is 0 Å². The second-order valence-electron chi connectivity index (χ2n) is 5.83. The Balaban J connectivity index is 1.76.